The number of carbonyl (C=O) groups is 1. The van der Waals surface area contributed by atoms with Crippen LogP contribution in [-0.2, 0) is 24.2 Å². The van der Waals surface area contributed by atoms with Crippen molar-refractivity contribution in [1.82, 2.24) is 9.78 Å². The SMILES string of the molecule is CCc1nn(CC)c(CC(=O)C2CCCC2(C)C)c1Br. The monoisotopic (exact) mass is 340 g/mol. The molecule has 1 saturated carbocycles. The highest BCUT2D eigenvalue weighted by atomic mass is 79.9. The first kappa shape index (κ1) is 15.7. The van der Waals surface area contributed by atoms with E-state index in [9.17, 15) is 4.79 Å². The number of ketones is 1. The Balaban J connectivity index is 2.21. The van der Waals surface area contributed by atoms with Gasteiger partial charge in [0.15, 0.2) is 0 Å². The smallest absolute Gasteiger partial charge is 0.142 e. The van der Waals surface area contributed by atoms with E-state index >= 15 is 0 Å². The van der Waals surface area contributed by atoms with Crippen LogP contribution in [0.5, 0.6) is 0 Å². The molecule has 1 fully saturated rings. The number of hydrogen-bond acceptors (Lipinski definition) is 2. The summed E-state index contributed by atoms with van der Waals surface area (Å²) in [7, 11) is 0. The summed E-state index contributed by atoms with van der Waals surface area (Å²) in [5.41, 5.74) is 2.27. The molecule has 1 heterocycles. The lowest BCUT2D eigenvalue weighted by atomic mass is 9.78. The molecule has 0 saturated heterocycles. The van der Waals surface area contributed by atoms with Crippen LogP contribution >= 0.6 is 15.9 Å². The minimum Gasteiger partial charge on any atom is -0.299 e. The number of halogens is 1. The first-order chi connectivity index (χ1) is 9.40. The second kappa shape index (κ2) is 6.00. The standard InChI is InChI=1S/C16H25BrN2O/c1-5-12-15(17)13(19(6-2)18-12)10-14(20)11-8-7-9-16(11,3)4/h11H,5-10H2,1-4H3. The summed E-state index contributed by atoms with van der Waals surface area (Å²) in [4.78, 5) is 12.7. The van der Waals surface area contributed by atoms with Crippen LogP contribution in [0.3, 0.4) is 0 Å². The summed E-state index contributed by atoms with van der Waals surface area (Å²) in [6, 6.07) is 0. The number of carbonyl (C=O) groups excluding carboxylic acids is 1. The molecule has 2 rings (SSSR count). The Kier molecular flexibility index (Phi) is 4.73. The van der Waals surface area contributed by atoms with Gasteiger partial charge in [0.1, 0.15) is 5.78 Å². The summed E-state index contributed by atoms with van der Waals surface area (Å²) in [5.74, 6) is 0.588. The van der Waals surface area contributed by atoms with Crippen molar-refractivity contribution in [1.29, 1.82) is 0 Å². The molecule has 1 aliphatic carbocycles. The molecule has 112 valence electrons. The number of rotatable bonds is 5. The van der Waals surface area contributed by atoms with Crippen LogP contribution in [0.4, 0.5) is 0 Å². The van der Waals surface area contributed by atoms with Crippen molar-refractivity contribution in [3.8, 4) is 0 Å². The summed E-state index contributed by atoms with van der Waals surface area (Å²) < 4.78 is 3.01. The zero-order chi connectivity index (χ0) is 14.9. The van der Waals surface area contributed by atoms with Gasteiger partial charge in [0.2, 0.25) is 0 Å². The van der Waals surface area contributed by atoms with Crippen LogP contribution in [0.15, 0.2) is 4.47 Å². The Bertz CT molecular complexity index is 505. The predicted molar refractivity (Wildman–Crippen MR) is 84.8 cm³/mol. The van der Waals surface area contributed by atoms with Crippen molar-refractivity contribution in [2.75, 3.05) is 0 Å². The third-order valence-corrected chi connectivity index (χ3v) is 5.60. The molecule has 1 aliphatic rings. The maximum atomic E-state index is 12.7. The molecule has 1 atom stereocenters. The third kappa shape index (κ3) is 2.85. The molecule has 20 heavy (non-hydrogen) atoms. The molecule has 1 aromatic rings. The van der Waals surface area contributed by atoms with E-state index in [2.05, 4.69) is 48.7 Å². The Hall–Kier alpha value is -0.640. The van der Waals surface area contributed by atoms with Gasteiger partial charge >= 0.3 is 0 Å². The molecule has 0 radical (unpaired) electrons. The van der Waals surface area contributed by atoms with E-state index in [1.807, 2.05) is 4.68 Å². The summed E-state index contributed by atoms with van der Waals surface area (Å²) in [6.07, 6.45) is 4.79. The van der Waals surface area contributed by atoms with Crippen LogP contribution in [0.25, 0.3) is 0 Å². The van der Waals surface area contributed by atoms with Gasteiger partial charge in [0.05, 0.1) is 15.9 Å². The van der Waals surface area contributed by atoms with E-state index in [1.165, 1.54) is 6.42 Å². The topological polar surface area (TPSA) is 34.9 Å². The van der Waals surface area contributed by atoms with Gasteiger partial charge in [-0.05, 0) is 47.5 Å². The van der Waals surface area contributed by atoms with Gasteiger partial charge in [0, 0.05) is 18.9 Å². The first-order valence-corrected chi connectivity index (χ1v) is 8.46. The van der Waals surface area contributed by atoms with Gasteiger partial charge in [0.25, 0.3) is 0 Å². The lowest BCUT2D eigenvalue weighted by Crippen LogP contribution is -2.27. The van der Waals surface area contributed by atoms with Crippen LogP contribution in [0.2, 0.25) is 0 Å². The Morgan fingerprint density at radius 3 is 2.65 bits per heavy atom. The van der Waals surface area contributed by atoms with Crippen molar-refractivity contribution in [2.45, 2.75) is 66.3 Å². The highest BCUT2D eigenvalue weighted by molar-refractivity contribution is 9.10. The van der Waals surface area contributed by atoms with Gasteiger partial charge in [-0.2, -0.15) is 5.10 Å². The first-order valence-electron chi connectivity index (χ1n) is 7.67. The average Bonchev–Trinajstić information content (AvgIpc) is 2.90. The Morgan fingerprint density at radius 1 is 1.45 bits per heavy atom. The number of aromatic nitrogens is 2. The summed E-state index contributed by atoms with van der Waals surface area (Å²) >= 11 is 3.63. The fourth-order valence-electron chi connectivity index (χ4n) is 3.40. The second-order valence-electron chi connectivity index (χ2n) is 6.45. The molecule has 0 N–H and O–H groups in total. The number of hydrogen-bond donors (Lipinski definition) is 0. The average molecular weight is 341 g/mol. The van der Waals surface area contributed by atoms with Gasteiger partial charge in [-0.15, -0.1) is 0 Å². The predicted octanol–water partition coefficient (Wildman–Crippen LogP) is 4.17. The normalized spacial score (nSPS) is 21.4. The van der Waals surface area contributed by atoms with Gasteiger partial charge in [-0.1, -0.05) is 27.2 Å². The minimum atomic E-state index is 0.161. The van der Waals surface area contributed by atoms with Crippen molar-refractivity contribution in [3.05, 3.63) is 15.9 Å². The second-order valence-corrected chi connectivity index (χ2v) is 7.25. The van der Waals surface area contributed by atoms with Gasteiger partial charge in [-0.3, -0.25) is 9.48 Å². The maximum Gasteiger partial charge on any atom is 0.142 e. The number of aryl methyl sites for hydroxylation is 2. The maximum absolute atomic E-state index is 12.7. The summed E-state index contributed by atoms with van der Waals surface area (Å²) in [5, 5.41) is 4.58. The third-order valence-electron chi connectivity index (χ3n) is 4.68. The molecule has 0 aromatic carbocycles. The van der Waals surface area contributed by atoms with E-state index in [-0.39, 0.29) is 11.3 Å². The lowest BCUT2D eigenvalue weighted by molar-refractivity contribution is -0.124. The largest absolute Gasteiger partial charge is 0.299 e. The molecule has 0 spiro atoms. The van der Waals surface area contributed by atoms with Crippen LogP contribution in [-0.4, -0.2) is 15.6 Å². The molecule has 0 bridgehead atoms. The van der Waals surface area contributed by atoms with E-state index in [0.717, 1.165) is 41.7 Å². The van der Waals surface area contributed by atoms with E-state index in [0.29, 0.717) is 12.2 Å². The molecule has 0 amide bonds. The summed E-state index contributed by atoms with van der Waals surface area (Å²) in [6.45, 7) is 9.44. The van der Waals surface area contributed by atoms with Gasteiger partial charge < -0.3 is 0 Å². The fourth-order valence-corrected chi connectivity index (χ4v) is 4.10. The Labute approximate surface area is 130 Å². The van der Waals surface area contributed by atoms with Crippen molar-refractivity contribution >= 4 is 21.7 Å². The molecular formula is C16H25BrN2O. The van der Waals surface area contributed by atoms with Crippen molar-refractivity contribution in [3.63, 3.8) is 0 Å². The zero-order valence-electron chi connectivity index (χ0n) is 13.0. The molecule has 3 nitrogen and oxygen atoms in total. The number of nitrogens with zero attached hydrogens (tertiary/aromatic N) is 2. The van der Waals surface area contributed by atoms with E-state index in [4.69, 9.17) is 0 Å². The van der Waals surface area contributed by atoms with Crippen molar-refractivity contribution < 1.29 is 4.79 Å². The quantitative estimate of drug-likeness (QED) is 0.806. The van der Waals surface area contributed by atoms with Crippen LogP contribution < -0.4 is 0 Å². The van der Waals surface area contributed by atoms with Crippen LogP contribution in [0, 0.1) is 11.3 Å². The lowest BCUT2D eigenvalue weighted by Gasteiger charge is -2.25. The highest BCUT2D eigenvalue weighted by Crippen LogP contribution is 2.43. The van der Waals surface area contributed by atoms with E-state index in [1.54, 1.807) is 0 Å². The molecular weight excluding hydrogens is 316 g/mol. The molecule has 4 heteroatoms. The zero-order valence-corrected chi connectivity index (χ0v) is 14.6. The molecule has 0 aliphatic heterocycles. The minimum absolute atomic E-state index is 0.161. The highest BCUT2D eigenvalue weighted by Gasteiger charge is 2.39. The van der Waals surface area contributed by atoms with Crippen molar-refractivity contribution in [2.24, 2.45) is 11.3 Å². The molecule has 1 aromatic heterocycles. The van der Waals surface area contributed by atoms with Crippen LogP contribution in [0.1, 0.15) is 58.3 Å². The number of Topliss-reactive ketones (excluding diaryl/α,β-unsaturated/α-hetero) is 1. The van der Waals surface area contributed by atoms with Gasteiger partial charge in [-0.25, -0.2) is 0 Å². The molecule has 1 unspecified atom stereocenters. The fraction of sp³-hybridized carbons (Fsp3) is 0.750. The van der Waals surface area contributed by atoms with E-state index < -0.39 is 0 Å². The Morgan fingerprint density at radius 2 is 2.15 bits per heavy atom.